The molecule has 2 aliphatic heterocycles. The topological polar surface area (TPSA) is 52.1 Å². The molecule has 0 bridgehead atoms. The van der Waals surface area contributed by atoms with E-state index in [1.807, 2.05) is 0 Å². The fourth-order valence-corrected chi connectivity index (χ4v) is 3.80. The maximum atomic E-state index is 5.57. The minimum atomic E-state index is 0.127. The van der Waals surface area contributed by atoms with Gasteiger partial charge in [0.15, 0.2) is 5.96 Å². The summed E-state index contributed by atoms with van der Waals surface area (Å²) in [5.41, 5.74) is 0.127. The number of nitrogens with zero attached hydrogens (tertiary/aromatic N) is 3. The Hall–Kier alpha value is -0.850. The zero-order valence-corrected chi connectivity index (χ0v) is 17.0. The Balaban J connectivity index is 1.93. The number of likely N-dealkylation sites (tertiary alicyclic amines) is 1. The summed E-state index contributed by atoms with van der Waals surface area (Å²) in [4.78, 5) is 9.86. The van der Waals surface area contributed by atoms with E-state index in [1.54, 1.807) is 0 Å². The predicted molar refractivity (Wildman–Crippen MR) is 105 cm³/mol. The number of ether oxygens (including phenoxy) is 1. The first-order chi connectivity index (χ1) is 12.0. The monoisotopic (exact) mass is 353 g/mol. The molecule has 0 aromatic heterocycles. The van der Waals surface area contributed by atoms with E-state index in [0.29, 0.717) is 12.1 Å². The average molecular weight is 354 g/mol. The highest BCUT2D eigenvalue weighted by Crippen LogP contribution is 2.26. The SMILES string of the molecule is CCNC(=NCC1(N(C)C)CCOCC1)NC1CCN(C(C)C)CC1. The molecule has 2 heterocycles. The van der Waals surface area contributed by atoms with Crippen LogP contribution in [0.4, 0.5) is 0 Å². The highest BCUT2D eigenvalue weighted by molar-refractivity contribution is 5.80. The van der Waals surface area contributed by atoms with Gasteiger partial charge >= 0.3 is 0 Å². The third-order valence-electron chi connectivity index (χ3n) is 5.85. The smallest absolute Gasteiger partial charge is 0.191 e. The molecule has 2 rings (SSSR count). The van der Waals surface area contributed by atoms with E-state index in [2.05, 4.69) is 55.3 Å². The van der Waals surface area contributed by atoms with E-state index in [9.17, 15) is 0 Å². The molecule has 6 nitrogen and oxygen atoms in total. The molecule has 25 heavy (non-hydrogen) atoms. The number of piperidine rings is 1. The van der Waals surface area contributed by atoms with Crippen LogP contribution in [0.15, 0.2) is 4.99 Å². The van der Waals surface area contributed by atoms with Crippen LogP contribution >= 0.6 is 0 Å². The van der Waals surface area contributed by atoms with Crippen molar-refractivity contribution in [3.63, 3.8) is 0 Å². The van der Waals surface area contributed by atoms with Crippen LogP contribution in [0.3, 0.4) is 0 Å². The molecule has 0 amide bonds. The molecule has 2 fully saturated rings. The summed E-state index contributed by atoms with van der Waals surface area (Å²) < 4.78 is 5.57. The summed E-state index contributed by atoms with van der Waals surface area (Å²) in [5, 5.41) is 7.11. The minimum Gasteiger partial charge on any atom is -0.381 e. The zero-order chi connectivity index (χ0) is 18.3. The second kappa shape index (κ2) is 9.74. The van der Waals surface area contributed by atoms with Crippen molar-refractivity contribution in [3.8, 4) is 0 Å². The van der Waals surface area contributed by atoms with Crippen molar-refractivity contribution in [1.82, 2.24) is 20.4 Å². The quantitative estimate of drug-likeness (QED) is 0.560. The number of likely N-dealkylation sites (N-methyl/N-ethyl adjacent to an activating group) is 1. The van der Waals surface area contributed by atoms with Crippen molar-refractivity contribution in [1.29, 1.82) is 0 Å². The standard InChI is InChI=1S/C19H39N5O/c1-6-20-18(22-17-7-11-24(12-8-17)16(2)3)21-15-19(23(4)5)9-13-25-14-10-19/h16-17H,6-15H2,1-5H3,(H2,20,21,22). The molecule has 0 aromatic rings. The maximum absolute atomic E-state index is 5.57. The fraction of sp³-hybridized carbons (Fsp3) is 0.947. The molecule has 0 aliphatic carbocycles. The Morgan fingerprint density at radius 1 is 1.24 bits per heavy atom. The van der Waals surface area contributed by atoms with Crippen molar-refractivity contribution >= 4 is 5.96 Å². The first-order valence-corrected chi connectivity index (χ1v) is 10.0. The summed E-state index contributed by atoms with van der Waals surface area (Å²) in [6.07, 6.45) is 4.48. The van der Waals surface area contributed by atoms with Crippen molar-refractivity contribution in [3.05, 3.63) is 0 Å². The normalized spacial score (nSPS) is 23.2. The molecule has 0 aromatic carbocycles. The van der Waals surface area contributed by atoms with E-state index in [-0.39, 0.29) is 5.54 Å². The summed E-state index contributed by atoms with van der Waals surface area (Å²) in [7, 11) is 4.34. The van der Waals surface area contributed by atoms with Crippen LogP contribution in [-0.2, 0) is 4.74 Å². The minimum absolute atomic E-state index is 0.127. The summed E-state index contributed by atoms with van der Waals surface area (Å²) in [5.74, 6) is 0.971. The summed E-state index contributed by atoms with van der Waals surface area (Å²) in [6.45, 7) is 12.5. The Morgan fingerprint density at radius 2 is 1.88 bits per heavy atom. The zero-order valence-electron chi connectivity index (χ0n) is 17.0. The number of hydrogen-bond donors (Lipinski definition) is 2. The lowest BCUT2D eigenvalue weighted by atomic mass is 9.89. The molecule has 0 spiro atoms. The summed E-state index contributed by atoms with van der Waals surface area (Å²) >= 11 is 0. The van der Waals surface area contributed by atoms with E-state index in [1.165, 1.54) is 25.9 Å². The Kier molecular flexibility index (Phi) is 7.97. The van der Waals surface area contributed by atoms with Crippen molar-refractivity contribution in [2.75, 3.05) is 53.5 Å². The van der Waals surface area contributed by atoms with Gasteiger partial charge in [-0.3, -0.25) is 4.99 Å². The molecule has 2 N–H and O–H groups in total. The Morgan fingerprint density at radius 3 is 2.40 bits per heavy atom. The largest absolute Gasteiger partial charge is 0.381 e. The number of guanidine groups is 1. The predicted octanol–water partition coefficient (Wildman–Crippen LogP) is 1.53. The third kappa shape index (κ3) is 5.83. The van der Waals surface area contributed by atoms with Gasteiger partial charge in [0, 0.05) is 50.5 Å². The van der Waals surface area contributed by atoms with Crippen LogP contribution in [-0.4, -0.2) is 86.9 Å². The molecule has 0 radical (unpaired) electrons. The van der Waals surface area contributed by atoms with Crippen LogP contribution in [0.1, 0.15) is 46.5 Å². The van der Waals surface area contributed by atoms with Crippen LogP contribution in [0, 0.1) is 0 Å². The van der Waals surface area contributed by atoms with Gasteiger partial charge < -0.3 is 25.2 Å². The van der Waals surface area contributed by atoms with Gasteiger partial charge in [0.2, 0.25) is 0 Å². The van der Waals surface area contributed by atoms with Crippen LogP contribution in [0.5, 0.6) is 0 Å². The van der Waals surface area contributed by atoms with E-state index < -0.39 is 0 Å². The highest BCUT2D eigenvalue weighted by Gasteiger charge is 2.34. The van der Waals surface area contributed by atoms with Gasteiger partial charge in [0.25, 0.3) is 0 Å². The van der Waals surface area contributed by atoms with Crippen LogP contribution < -0.4 is 10.6 Å². The fourth-order valence-electron chi connectivity index (χ4n) is 3.80. The molecule has 0 atom stereocenters. The second-order valence-electron chi connectivity index (χ2n) is 7.97. The van der Waals surface area contributed by atoms with Crippen molar-refractivity contribution in [2.45, 2.75) is 64.1 Å². The van der Waals surface area contributed by atoms with Gasteiger partial charge in [-0.25, -0.2) is 0 Å². The third-order valence-corrected chi connectivity index (χ3v) is 5.85. The first kappa shape index (κ1) is 20.5. The molecular formula is C19H39N5O. The average Bonchev–Trinajstić information content (AvgIpc) is 2.61. The Bertz CT molecular complexity index is 410. The van der Waals surface area contributed by atoms with Gasteiger partial charge in [0.1, 0.15) is 0 Å². The number of rotatable bonds is 6. The van der Waals surface area contributed by atoms with Crippen LogP contribution in [0.2, 0.25) is 0 Å². The first-order valence-electron chi connectivity index (χ1n) is 10.0. The number of nitrogens with one attached hydrogen (secondary N) is 2. The van der Waals surface area contributed by atoms with Gasteiger partial charge in [-0.2, -0.15) is 0 Å². The lowest BCUT2D eigenvalue weighted by Gasteiger charge is -2.42. The van der Waals surface area contributed by atoms with Gasteiger partial charge in [-0.05, 0) is 60.5 Å². The van der Waals surface area contributed by atoms with Gasteiger partial charge in [-0.15, -0.1) is 0 Å². The molecule has 6 heteroatoms. The van der Waals surface area contributed by atoms with E-state index in [0.717, 1.165) is 45.1 Å². The van der Waals surface area contributed by atoms with Crippen molar-refractivity contribution in [2.24, 2.45) is 4.99 Å². The van der Waals surface area contributed by atoms with Gasteiger partial charge in [-0.1, -0.05) is 0 Å². The number of aliphatic imine (C=N–C) groups is 1. The highest BCUT2D eigenvalue weighted by atomic mass is 16.5. The number of hydrogen-bond acceptors (Lipinski definition) is 4. The molecular weight excluding hydrogens is 314 g/mol. The lowest BCUT2D eigenvalue weighted by Crippen LogP contribution is -2.53. The van der Waals surface area contributed by atoms with Gasteiger partial charge in [0.05, 0.1) is 6.54 Å². The summed E-state index contributed by atoms with van der Waals surface area (Å²) in [6, 6.07) is 1.18. The molecule has 0 unspecified atom stereocenters. The van der Waals surface area contributed by atoms with Crippen molar-refractivity contribution < 1.29 is 4.74 Å². The lowest BCUT2D eigenvalue weighted by molar-refractivity contribution is -0.00256. The molecule has 146 valence electrons. The maximum Gasteiger partial charge on any atom is 0.191 e. The van der Waals surface area contributed by atoms with Crippen LogP contribution in [0.25, 0.3) is 0 Å². The second-order valence-corrected chi connectivity index (χ2v) is 7.97. The molecule has 2 saturated heterocycles. The van der Waals surface area contributed by atoms with E-state index in [4.69, 9.17) is 9.73 Å². The Labute approximate surface area is 154 Å². The van der Waals surface area contributed by atoms with E-state index >= 15 is 0 Å². The molecule has 0 saturated carbocycles. The molecule has 2 aliphatic rings.